The predicted octanol–water partition coefficient (Wildman–Crippen LogP) is 4.04. The molecule has 1 radical (unpaired) electrons. The molecule has 0 aliphatic heterocycles. The molecule has 0 saturated carbocycles. The van der Waals surface area contributed by atoms with Crippen molar-refractivity contribution in [2.75, 3.05) is 0 Å². The third-order valence-corrected chi connectivity index (χ3v) is 2.48. The number of aromatic nitrogens is 1. The summed E-state index contributed by atoms with van der Waals surface area (Å²) < 4.78 is 9.80. The molecule has 1 heterocycles. The van der Waals surface area contributed by atoms with Gasteiger partial charge in [-0.1, -0.05) is 7.43 Å². The molecule has 0 amide bonds. The maximum atomic E-state index is 10.4. The van der Waals surface area contributed by atoms with Gasteiger partial charge in [0.1, 0.15) is 17.6 Å². The van der Waals surface area contributed by atoms with Crippen LogP contribution in [0.2, 0.25) is 0 Å². The molecule has 167 valence electrons. The van der Waals surface area contributed by atoms with E-state index in [1.165, 1.54) is 27.2 Å². The zero-order valence-corrected chi connectivity index (χ0v) is 21.1. The number of carboxylic acids is 1. The molecule has 8 nitrogen and oxygen atoms in total. The number of ether oxygens (including phenoxy) is 1. The molecule has 0 aromatic carbocycles. The predicted molar refractivity (Wildman–Crippen MR) is 108 cm³/mol. The molecular formula is C20H36NO7Y-. The van der Waals surface area contributed by atoms with Crippen LogP contribution in [-0.2, 0) is 56.6 Å². The Bertz CT molecular complexity index is 558. The Morgan fingerprint density at radius 2 is 1.48 bits per heavy atom. The van der Waals surface area contributed by atoms with Crippen molar-refractivity contribution in [3.05, 3.63) is 23.8 Å². The standard InChI is InChI=1S/C7H12O3.C6H9NO.C4H7O.C2H4O2.CH4.Y/c1-5(8)4-6(2)10-7(3)9;1-4-5(2)8-6(3)7-4;1-3-4(2)5;1-2(3)4;;/h6H,4H2,1-3H3;1-3H3;3H,1-2H3;1H3,(H,3,4);1H4;/q;;-1;;;. The number of rotatable bonds is 4. The third kappa shape index (κ3) is 37.8. The van der Waals surface area contributed by atoms with Gasteiger partial charge in [-0.05, 0) is 40.4 Å². The molecule has 1 aromatic heterocycles. The first-order valence-corrected chi connectivity index (χ1v) is 8.29. The van der Waals surface area contributed by atoms with E-state index in [9.17, 15) is 14.4 Å². The van der Waals surface area contributed by atoms with Crippen LogP contribution in [0.3, 0.4) is 0 Å². The Morgan fingerprint density at radius 1 is 1.10 bits per heavy atom. The van der Waals surface area contributed by atoms with Crippen molar-refractivity contribution in [3.63, 3.8) is 0 Å². The smallest absolute Gasteiger partial charge is 0.302 e. The van der Waals surface area contributed by atoms with Crippen molar-refractivity contribution in [1.82, 2.24) is 4.98 Å². The molecular weight excluding hydrogens is 455 g/mol. The van der Waals surface area contributed by atoms with Gasteiger partial charge in [-0.2, -0.15) is 6.92 Å². The van der Waals surface area contributed by atoms with Gasteiger partial charge in [0.2, 0.25) is 0 Å². The van der Waals surface area contributed by atoms with Gasteiger partial charge in [0.25, 0.3) is 5.97 Å². The normalized spacial score (nSPS) is 9.00. The maximum absolute atomic E-state index is 10.4. The average Bonchev–Trinajstić information content (AvgIpc) is 2.74. The molecule has 0 aliphatic carbocycles. The summed E-state index contributed by atoms with van der Waals surface area (Å²) in [4.78, 5) is 43.5. The van der Waals surface area contributed by atoms with Gasteiger partial charge < -0.3 is 25.5 Å². The summed E-state index contributed by atoms with van der Waals surface area (Å²) in [5.41, 5.74) is 0.988. The number of ketones is 2. The summed E-state index contributed by atoms with van der Waals surface area (Å²) in [6, 6.07) is 0. The first-order chi connectivity index (χ1) is 12.2. The summed E-state index contributed by atoms with van der Waals surface area (Å²) in [6.07, 6.45) is 1.55. The van der Waals surface area contributed by atoms with E-state index in [-0.39, 0.29) is 63.8 Å². The van der Waals surface area contributed by atoms with Crippen molar-refractivity contribution in [2.24, 2.45) is 0 Å². The van der Waals surface area contributed by atoms with E-state index in [1.54, 1.807) is 13.8 Å². The number of esters is 1. The Hall–Kier alpha value is -1.54. The number of aliphatic carboxylic acids is 1. The van der Waals surface area contributed by atoms with Crippen molar-refractivity contribution in [1.29, 1.82) is 0 Å². The quantitative estimate of drug-likeness (QED) is 0.494. The number of Topliss-reactive ketones (excluding diaryl/α,β-unsaturated/α-hetero) is 2. The van der Waals surface area contributed by atoms with Crippen LogP contribution in [0.5, 0.6) is 0 Å². The van der Waals surface area contributed by atoms with Crippen LogP contribution in [0.25, 0.3) is 0 Å². The van der Waals surface area contributed by atoms with Gasteiger partial charge in [-0.25, -0.2) is 4.98 Å². The fourth-order valence-corrected chi connectivity index (χ4v) is 1.36. The summed E-state index contributed by atoms with van der Waals surface area (Å²) in [7, 11) is 0. The second kappa shape index (κ2) is 22.7. The van der Waals surface area contributed by atoms with Gasteiger partial charge in [0.15, 0.2) is 5.89 Å². The zero-order chi connectivity index (χ0) is 22.2. The molecule has 1 unspecified atom stereocenters. The Kier molecular flexibility index (Phi) is 29.9. The van der Waals surface area contributed by atoms with E-state index in [2.05, 4.69) is 4.98 Å². The van der Waals surface area contributed by atoms with Gasteiger partial charge in [0, 0.05) is 59.9 Å². The number of carboxylic acid groups (broad SMARTS) is 1. The molecule has 1 atom stereocenters. The van der Waals surface area contributed by atoms with Crippen molar-refractivity contribution in [3.8, 4) is 0 Å². The number of hydrogen-bond donors (Lipinski definition) is 1. The van der Waals surface area contributed by atoms with Gasteiger partial charge in [-0.15, -0.1) is 0 Å². The number of hydrogen-bond acceptors (Lipinski definition) is 7. The minimum absolute atomic E-state index is 0. The summed E-state index contributed by atoms with van der Waals surface area (Å²) >= 11 is 0. The summed E-state index contributed by atoms with van der Waals surface area (Å²) in [5, 5.41) is 7.42. The second-order valence-electron chi connectivity index (χ2n) is 5.62. The van der Waals surface area contributed by atoms with Crippen LogP contribution in [0.1, 0.15) is 72.7 Å². The molecule has 1 N–H and O–H groups in total. The van der Waals surface area contributed by atoms with E-state index in [0.29, 0.717) is 6.42 Å². The van der Waals surface area contributed by atoms with Gasteiger partial charge >= 0.3 is 5.97 Å². The summed E-state index contributed by atoms with van der Waals surface area (Å²) in [6.45, 7) is 14.5. The molecule has 0 fully saturated rings. The number of nitrogens with zero attached hydrogens (tertiary/aromatic N) is 1. The minimum atomic E-state index is -0.833. The van der Waals surface area contributed by atoms with E-state index in [4.69, 9.17) is 19.1 Å². The van der Waals surface area contributed by atoms with Crippen LogP contribution in [0, 0.1) is 27.2 Å². The minimum Gasteiger partial charge on any atom is -0.481 e. The molecule has 29 heavy (non-hydrogen) atoms. The van der Waals surface area contributed by atoms with Crippen LogP contribution < -0.4 is 0 Å². The monoisotopic (exact) mass is 491 g/mol. The Morgan fingerprint density at radius 3 is 1.62 bits per heavy atom. The van der Waals surface area contributed by atoms with Crippen molar-refractivity contribution in [2.45, 2.75) is 82.3 Å². The summed E-state index contributed by atoms with van der Waals surface area (Å²) in [5.74, 6) is 0.662. The number of carbonyl (C=O) groups is 4. The molecule has 0 bridgehead atoms. The van der Waals surface area contributed by atoms with Gasteiger partial charge in [0.05, 0.1) is 5.69 Å². The van der Waals surface area contributed by atoms with Crippen LogP contribution in [-0.4, -0.2) is 39.7 Å². The first-order valence-electron chi connectivity index (χ1n) is 8.29. The van der Waals surface area contributed by atoms with Crippen molar-refractivity contribution < 1.29 is 66.1 Å². The van der Waals surface area contributed by atoms with Crippen LogP contribution in [0.4, 0.5) is 0 Å². The van der Waals surface area contributed by atoms with Crippen LogP contribution >= 0.6 is 0 Å². The zero-order valence-electron chi connectivity index (χ0n) is 18.3. The number of carbonyl (C=O) groups excluding carboxylic acids is 3. The fourth-order valence-electron chi connectivity index (χ4n) is 1.36. The topological polar surface area (TPSA) is 124 Å². The van der Waals surface area contributed by atoms with E-state index < -0.39 is 5.97 Å². The van der Waals surface area contributed by atoms with Crippen molar-refractivity contribution >= 4 is 23.5 Å². The molecule has 1 rings (SSSR count). The first kappa shape index (κ1) is 38.1. The average molecular weight is 491 g/mol. The van der Waals surface area contributed by atoms with Crippen LogP contribution in [0.15, 0.2) is 4.42 Å². The van der Waals surface area contributed by atoms with E-state index in [0.717, 1.165) is 24.3 Å². The molecule has 0 spiro atoms. The Labute approximate surface area is 200 Å². The molecule has 9 heteroatoms. The van der Waals surface area contributed by atoms with Gasteiger partial charge in [-0.3, -0.25) is 14.4 Å². The fraction of sp³-hybridized carbons (Fsp3) is 0.600. The number of aryl methyl sites for hydroxylation is 3. The second-order valence-corrected chi connectivity index (χ2v) is 5.62. The molecule has 0 aliphatic rings. The Balaban J connectivity index is -0.0000000913. The third-order valence-electron chi connectivity index (χ3n) is 2.48. The SMILES string of the molecule is C.CC(=O)CC(C)OC(C)=O.CC(=O)O.C[CH-]C(C)=O.Cc1nc(C)c(C)o1.[Y]. The van der Waals surface area contributed by atoms with E-state index >= 15 is 0 Å². The largest absolute Gasteiger partial charge is 0.481 e. The number of oxazole rings is 1. The molecule has 1 aromatic rings. The maximum Gasteiger partial charge on any atom is 0.302 e. The molecule has 0 saturated heterocycles. The van der Waals surface area contributed by atoms with E-state index in [1.807, 2.05) is 20.8 Å².